The quantitative estimate of drug-likeness (QED) is 0.555. The highest BCUT2D eigenvalue weighted by molar-refractivity contribution is 6.22. The Morgan fingerprint density at radius 3 is 3.17 bits per heavy atom. The first kappa shape index (κ1) is 8.48. The van der Waals surface area contributed by atoms with Gasteiger partial charge in [-0.3, -0.25) is 9.69 Å². The monoisotopic (exact) mass is 189 g/mol. The van der Waals surface area contributed by atoms with Gasteiger partial charge in [-0.1, -0.05) is 6.92 Å². The van der Waals surface area contributed by atoms with Crippen LogP contribution < -0.4 is 0 Å². The molecule has 0 radical (unpaired) electrons. The molecule has 2 unspecified atom stereocenters. The first-order chi connectivity index (χ1) is 5.74. The van der Waals surface area contributed by atoms with Crippen molar-refractivity contribution < 1.29 is 9.53 Å². The second-order valence-corrected chi connectivity index (χ2v) is 3.85. The molecule has 2 aliphatic rings. The van der Waals surface area contributed by atoms with Gasteiger partial charge >= 0.3 is 0 Å². The molecule has 3 nitrogen and oxygen atoms in total. The summed E-state index contributed by atoms with van der Waals surface area (Å²) in [6, 6.07) is -0.0579. The number of ether oxygens (including phenoxy) is 1. The average Bonchev–Trinajstić information content (AvgIpc) is 2.56. The van der Waals surface area contributed by atoms with Crippen molar-refractivity contribution in [3.8, 4) is 0 Å². The SMILES string of the molecule is CCN1C[C@@H](Cl)C2OCC(=O)C21. The van der Waals surface area contributed by atoms with E-state index in [-0.39, 0.29) is 29.9 Å². The number of ketones is 1. The van der Waals surface area contributed by atoms with Gasteiger partial charge in [-0.25, -0.2) is 0 Å². The Labute approximate surface area is 76.6 Å². The Bertz CT molecular complexity index is 209. The smallest absolute Gasteiger partial charge is 0.178 e. The zero-order valence-corrected chi connectivity index (χ0v) is 7.75. The minimum absolute atomic E-state index is 0.0126. The van der Waals surface area contributed by atoms with E-state index in [0.29, 0.717) is 0 Å². The van der Waals surface area contributed by atoms with Gasteiger partial charge in [0.1, 0.15) is 6.61 Å². The third kappa shape index (κ3) is 1.08. The summed E-state index contributed by atoms with van der Waals surface area (Å²) in [5.74, 6) is 0.185. The van der Waals surface area contributed by atoms with Gasteiger partial charge in [-0.05, 0) is 6.54 Å². The van der Waals surface area contributed by atoms with Crippen LogP contribution in [0.5, 0.6) is 0 Å². The van der Waals surface area contributed by atoms with Gasteiger partial charge in [0.05, 0.1) is 17.5 Å². The van der Waals surface area contributed by atoms with Gasteiger partial charge in [-0.15, -0.1) is 11.6 Å². The highest BCUT2D eigenvalue weighted by atomic mass is 35.5. The number of hydrogen-bond donors (Lipinski definition) is 0. The Hall–Kier alpha value is -0.120. The molecule has 2 saturated heterocycles. The summed E-state index contributed by atoms with van der Waals surface area (Å²) in [6.45, 7) is 3.94. The number of halogens is 1. The van der Waals surface area contributed by atoms with Crippen molar-refractivity contribution >= 4 is 17.4 Å². The highest BCUT2D eigenvalue weighted by Crippen LogP contribution is 2.29. The summed E-state index contributed by atoms with van der Waals surface area (Å²) in [7, 11) is 0. The predicted octanol–water partition coefficient (Wildman–Crippen LogP) is 0.266. The standard InChI is InChI=1S/C8H12ClNO2/c1-2-10-3-5(9)8-7(10)6(11)4-12-8/h5,7-8H,2-4H2,1H3/t5-,7?,8?/m1/s1. The van der Waals surface area contributed by atoms with Crippen LogP contribution >= 0.6 is 11.6 Å². The average molecular weight is 190 g/mol. The summed E-state index contributed by atoms with van der Waals surface area (Å²) >= 11 is 6.03. The minimum Gasteiger partial charge on any atom is -0.367 e. The van der Waals surface area contributed by atoms with Crippen molar-refractivity contribution in [2.45, 2.75) is 24.4 Å². The van der Waals surface area contributed by atoms with Crippen LogP contribution in [-0.2, 0) is 9.53 Å². The molecule has 0 spiro atoms. The first-order valence-corrected chi connectivity index (χ1v) is 4.70. The van der Waals surface area contributed by atoms with Gasteiger partial charge in [0.25, 0.3) is 0 Å². The Balaban J connectivity index is 2.18. The molecule has 2 aliphatic heterocycles. The number of hydrogen-bond acceptors (Lipinski definition) is 3. The van der Waals surface area contributed by atoms with Gasteiger partial charge < -0.3 is 4.74 Å². The molecule has 0 saturated carbocycles. The van der Waals surface area contributed by atoms with E-state index in [1.807, 2.05) is 6.92 Å². The maximum Gasteiger partial charge on any atom is 0.178 e. The molecule has 0 bridgehead atoms. The molecule has 0 aromatic rings. The number of rotatable bonds is 1. The van der Waals surface area contributed by atoms with Crippen LogP contribution in [0.25, 0.3) is 0 Å². The van der Waals surface area contributed by atoms with E-state index in [9.17, 15) is 4.79 Å². The van der Waals surface area contributed by atoms with Crippen LogP contribution in [0.2, 0.25) is 0 Å². The molecule has 2 fully saturated rings. The van der Waals surface area contributed by atoms with E-state index in [1.54, 1.807) is 0 Å². The topological polar surface area (TPSA) is 29.5 Å². The third-order valence-corrected chi connectivity index (χ3v) is 3.01. The highest BCUT2D eigenvalue weighted by Gasteiger charge is 2.49. The zero-order valence-electron chi connectivity index (χ0n) is 7.00. The summed E-state index contributed by atoms with van der Waals surface area (Å²) in [5, 5.41) is -0.0126. The Kier molecular flexibility index (Phi) is 2.10. The molecule has 0 N–H and O–H groups in total. The van der Waals surface area contributed by atoms with E-state index in [1.165, 1.54) is 0 Å². The number of alkyl halides is 1. The van der Waals surface area contributed by atoms with Gasteiger partial charge in [-0.2, -0.15) is 0 Å². The number of carbonyl (C=O) groups is 1. The lowest BCUT2D eigenvalue weighted by molar-refractivity contribution is -0.121. The second kappa shape index (κ2) is 2.98. The van der Waals surface area contributed by atoms with Crippen LogP contribution in [-0.4, -0.2) is 47.9 Å². The molecule has 0 aromatic carbocycles. The van der Waals surface area contributed by atoms with Crippen LogP contribution in [0, 0.1) is 0 Å². The molecule has 12 heavy (non-hydrogen) atoms. The normalized spacial score (nSPS) is 42.2. The first-order valence-electron chi connectivity index (χ1n) is 4.26. The second-order valence-electron chi connectivity index (χ2n) is 3.29. The molecule has 2 rings (SSSR count). The van der Waals surface area contributed by atoms with Crippen LogP contribution in [0.3, 0.4) is 0 Å². The lowest BCUT2D eigenvalue weighted by Crippen LogP contribution is -2.37. The van der Waals surface area contributed by atoms with Gasteiger partial charge in [0.2, 0.25) is 0 Å². The van der Waals surface area contributed by atoms with Crippen molar-refractivity contribution in [1.29, 1.82) is 0 Å². The van der Waals surface area contributed by atoms with Crippen molar-refractivity contribution in [2.24, 2.45) is 0 Å². The van der Waals surface area contributed by atoms with Crippen LogP contribution in [0.4, 0.5) is 0 Å². The molecule has 0 aliphatic carbocycles. The third-order valence-electron chi connectivity index (χ3n) is 2.62. The summed E-state index contributed by atoms with van der Waals surface area (Å²) < 4.78 is 5.31. The van der Waals surface area contributed by atoms with Crippen molar-refractivity contribution in [2.75, 3.05) is 19.7 Å². The molecule has 68 valence electrons. The molecule has 3 atom stereocenters. The van der Waals surface area contributed by atoms with Gasteiger partial charge in [0.15, 0.2) is 5.78 Å². The molecule has 2 heterocycles. The number of likely N-dealkylation sites (tertiary alicyclic amines) is 1. The van der Waals surface area contributed by atoms with E-state index >= 15 is 0 Å². The summed E-state index contributed by atoms with van der Waals surface area (Å²) in [5.41, 5.74) is 0. The van der Waals surface area contributed by atoms with Crippen LogP contribution in [0.1, 0.15) is 6.92 Å². The molecule has 4 heteroatoms. The maximum absolute atomic E-state index is 11.3. The molecule has 0 aromatic heterocycles. The fourth-order valence-corrected chi connectivity index (χ4v) is 2.41. The van der Waals surface area contributed by atoms with Crippen molar-refractivity contribution in [1.82, 2.24) is 4.90 Å². The maximum atomic E-state index is 11.3. The van der Waals surface area contributed by atoms with E-state index in [0.717, 1.165) is 13.1 Å². The molecule has 0 amide bonds. The summed E-state index contributed by atoms with van der Waals surface area (Å²) in [4.78, 5) is 13.4. The van der Waals surface area contributed by atoms with Crippen molar-refractivity contribution in [3.63, 3.8) is 0 Å². The van der Waals surface area contributed by atoms with E-state index < -0.39 is 0 Å². The van der Waals surface area contributed by atoms with Crippen molar-refractivity contribution in [3.05, 3.63) is 0 Å². The predicted molar refractivity (Wildman–Crippen MR) is 45.4 cm³/mol. The number of nitrogens with zero attached hydrogens (tertiary/aromatic N) is 1. The number of fused-ring (bicyclic) bond motifs is 1. The number of Topliss-reactive ketones (excluding diaryl/α,β-unsaturated/α-hetero) is 1. The summed E-state index contributed by atoms with van der Waals surface area (Å²) in [6.07, 6.45) is -0.0564. The Morgan fingerprint density at radius 1 is 1.75 bits per heavy atom. The number of carbonyl (C=O) groups excluding carboxylic acids is 1. The zero-order chi connectivity index (χ0) is 8.72. The lowest BCUT2D eigenvalue weighted by Gasteiger charge is -2.17. The van der Waals surface area contributed by atoms with Gasteiger partial charge in [0, 0.05) is 6.54 Å². The molecular weight excluding hydrogens is 178 g/mol. The van der Waals surface area contributed by atoms with E-state index in [4.69, 9.17) is 16.3 Å². The number of likely N-dealkylation sites (N-methyl/N-ethyl adjacent to an activating group) is 1. The molecular formula is C8H12ClNO2. The Morgan fingerprint density at radius 2 is 2.50 bits per heavy atom. The largest absolute Gasteiger partial charge is 0.367 e. The lowest BCUT2D eigenvalue weighted by atomic mass is 10.1. The minimum atomic E-state index is -0.0579. The van der Waals surface area contributed by atoms with E-state index in [2.05, 4.69) is 4.90 Å². The van der Waals surface area contributed by atoms with Crippen LogP contribution in [0.15, 0.2) is 0 Å². The fourth-order valence-electron chi connectivity index (χ4n) is 2.02. The fraction of sp³-hybridized carbons (Fsp3) is 0.875.